The first kappa shape index (κ1) is 15.4. The first-order valence-corrected chi connectivity index (χ1v) is 8.08. The molecule has 3 N–H and O–H groups in total. The first-order chi connectivity index (χ1) is 12.1. The second-order valence-corrected chi connectivity index (χ2v) is 6.40. The molecular formula is C19H16N4O2. The zero-order valence-corrected chi connectivity index (χ0v) is 13.4. The Morgan fingerprint density at radius 1 is 1.20 bits per heavy atom. The molecule has 25 heavy (non-hydrogen) atoms. The fraction of sp³-hybridized carbons (Fsp3) is 0.211. The topological polar surface area (TPSA) is 94.0 Å². The Kier molecular flexibility index (Phi) is 3.52. The predicted molar refractivity (Wildman–Crippen MR) is 92.9 cm³/mol. The second kappa shape index (κ2) is 5.72. The Bertz CT molecular complexity index is 900. The highest BCUT2D eigenvalue weighted by atomic mass is 16.2. The molecule has 2 aliphatic heterocycles. The van der Waals surface area contributed by atoms with Crippen molar-refractivity contribution in [2.24, 2.45) is 0 Å². The Morgan fingerprint density at radius 3 is 2.72 bits per heavy atom. The van der Waals surface area contributed by atoms with Crippen LogP contribution in [0.25, 0.3) is 0 Å². The third-order valence-corrected chi connectivity index (χ3v) is 4.93. The summed E-state index contributed by atoms with van der Waals surface area (Å²) in [5.41, 5.74) is 2.24. The lowest BCUT2D eigenvalue weighted by atomic mass is 9.79. The van der Waals surface area contributed by atoms with Crippen molar-refractivity contribution in [2.75, 3.05) is 17.2 Å². The Morgan fingerprint density at radius 2 is 1.96 bits per heavy atom. The molecule has 1 saturated heterocycles. The number of para-hydroxylation sites is 1. The number of fused-ring (bicyclic) bond motifs is 2. The molecule has 2 heterocycles. The van der Waals surface area contributed by atoms with E-state index in [9.17, 15) is 9.59 Å². The molecule has 124 valence electrons. The van der Waals surface area contributed by atoms with E-state index in [0.29, 0.717) is 24.2 Å². The molecule has 0 radical (unpaired) electrons. The number of nitrogens with one attached hydrogen (secondary N) is 3. The minimum absolute atomic E-state index is 0.0603. The van der Waals surface area contributed by atoms with E-state index in [-0.39, 0.29) is 11.8 Å². The lowest BCUT2D eigenvalue weighted by Crippen LogP contribution is -2.36. The van der Waals surface area contributed by atoms with E-state index in [0.717, 1.165) is 11.3 Å². The van der Waals surface area contributed by atoms with Crippen LogP contribution in [0.4, 0.5) is 11.4 Å². The van der Waals surface area contributed by atoms with Crippen LogP contribution in [-0.4, -0.2) is 24.4 Å². The third-order valence-electron chi connectivity index (χ3n) is 4.93. The van der Waals surface area contributed by atoms with Crippen molar-refractivity contribution < 1.29 is 9.59 Å². The largest absolute Gasteiger partial charge is 0.325 e. The van der Waals surface area contributed by atoms with Crippen LogP contribution in [0.15, 0.2) is 48.5 Å². The van der Waals surface area contributed by atoms with Gasteiger partial charge in [-0.05, 0) is 42.3 Å². The van der Waals surface area contributed by atoms with Crippen LogP contribution >= 0.6 is 0 Å². The van der Waals surface area contributed by atoms with Crippen molar-refractivity contribution in [1.82, 2.24) is 5.32 Å². The number of nitrogens with zero attached hydrogens (tertiary/aromatic N) is 1. The van der Waals surface area contributed by atoms with Gasteiger partial charge in [-0.1, -0.05) is 18.2 Å². The minimum atomic E-state index is -0.691. The predicted octanol–water partition coefficient (Wildman–Crippen LogP) is 1.75. The zero-order chi connectivity index (χ0) is 17.4. The summed E-state index contributed by atoms with van der Waals surface area (Å²) in [5.74, 6) is -0.242. The summed E-state index contributed by atoms with van der Waals surface area (Å²) in [6.45, 7) is 0.432. The van der Waals surface area contributed by atoms with Crippen molar-refractivity contribution in [3.8, 4) is 6.07 Å². The molecule has 1 fully saturated rings. The van der Waals surface area contributed by atoms with Crippen LogP contribution in [-0.2, 0) is 15.0 Å². The van der Waals surface area contributed by atoms with Crippen molar-refractivity contribution >= 4 is 23.2 Å². The van der Waals surface area contributed by atoms with Gasteiger partial charge < -0.3 is 16.0 Å². The molecule has 2 aromatic carbocycles. The molecular weight excluding hydrogens is 316 g/mol. The van der Waals surface area contributed by atoms with Gasteiger partial charge in [0.1, 0.15) is 0 Å². The summed E-state index contributed by atoms with van der Waals surface area (Å²) in [5, 5.41) is 17.7. The van der Waals surface area contributed by atoms with Crippen LogP contribution in [0.1, 0.15) is 17.5 Å². The summed E-state index contributed by atoms with van der Waals surface area (Å²) >= 11 is 0. The van der Waals surface area contributed by atoms with Gasteiger partial charge >= 0.3 is 0 Å². The molecule has 0 bridgehead atoms. The number of hydrogen-bond donors (Lipinski definition) is 3. The normalized spacial score (nSPS) is 23.8. The van der Waals surface area contributed by atoms with Gasteiger partial charge in [0.05, 0.1) is 23.1 Å². The van der Waals surface area contributed by atoms with Gasteiger partial charge in [-0.3, -0.25) is 9.59 Å². The fourth-order valence-corrected chi connectivity index (χ4v) is 3.58. The molecule has 0 aliphatic carbocycles. The van der Waals surface area contributed by atoms with E-state index in [1.165, 1.54) is 0 Å². The monoisotopic (exact) mass is 332 g/mol. The van der Waals surface area contributed by atoms with Crippen LogP contribution < -0.4 is 16.0 Å². The van der Waals surface area contributed by atoms with Gasteiger partial charge in [0, 0.05) is 17.9 Å². The number of anilines is 2. The maximum atomic E-state index is 12.6. The summed E-state index contributed by atoms with van der Waals surface area (Å²) in [6, 6.07) is 15.9. The van der Waals surface area contributed by atoms with E-state index >= 15 is 0 Å². The molecule has 2 aromatic rings. The Balaban J connectivity index is 1.51. The third kappa shape index (κ3) is 2.46. The van der Waals surface area contributed by atoms with Gasteiger partial charge in [0.2, 0.25) is 11.8 Å². The maximum Gasteiger partial charge on any atom is 0.241 e. The summed E-state index contributed by atoms with van der Waals surface area (Å²) in [7, 11) is 0. The number of amides is 2. The van der Waals surface area contributed by atoms with Gasteiger partial charge in [0.15, 0.2) is 0 Å². The average Bonchev–Trinajstić information content (AvgIpc) is 3.20. The van der Waals surface area contributed by atoms with Gasteiger partial charge in [0.25, 0.3) is 0 Å². The number of rotatable bonds is 2. The molecule has 4 rings (SSSR count). The second-order valence-electron chi connectivity index (χ2n) is 6.40. The van der Waals surface area contributed by atoms with Gasteiger partial charge in [-0.25, -0.2) is 0 Å². The number of carbonyl (C=O) groups excluding carboxylic acids is 2. The summed E-state index contributed by atoms with van der Waals surface area (Å²) in [4.78, 5) is 25.1. The minimum Gasteiger partial charge on any atom is -0.325 e. The van der Waals surface area contributed by atoms with Crippen LogP contribution in [0.3, 0.4) is 0 Å². The quantitative estimate of drug-likeness (QED) is 0.781. The van der Waals surface area contributed by atoms with E-state index < -0.39 is 11.5 Å². The van der Waals surface area contributed by atoms with E-state index in [1.54, 1.807) is 24.3 Å². The molecule has 6 nitrogen and oxygen atoms in total. The molecule has 6 heteroatoms. The molecule has 2 amide bonds. The van der Waals surface area contributed by atoms with Crippen molar-refractivity contribution in [2.45, 2.75) is 17.9 Å². The van der Waals surface area contributed by atoms with Crippen LogP contribution in [0.5, 0.6) is 0 Å². The van der Waals surface area contributed by atoms with E-state index in [1.807, 2.05) is 30.3 Å². The average molecular weight is 332 g/mol. The van der Waals surface area contributed by atoms with Crippen molar-refractivity contribution in [3.63, 3.8) is 0 Å². The Labute approximate surface area is 144 Å². The molecule has 1 spiro atoms. The highest BCUT2D eigenvalue weighted by molar-refractivity contribution is 6.08. The summed E-state index contributed by atoms with van der Waals surface area (Å²) < 4.78 is 0. The standard InChI is InChI=1S/C19H16N4O2/c20-10-12-5-7-13(8-6-12)22-17(24)16-9-19(11-21-16)14-3-1-2-4-15(14)23-18(19)25/h1-8,16,21H,9,11H2,(H,22,24)(H,23,25). The first-order valence-electron chi connectivity index (χ1n) is 8.08. The van der Waals surface area contributed by atoms with Crippen molar-refractivity contribution in [3.05, 3.63) is 59.7 Å². The van der Waals surface area contributed by atoms with Crippen LogP contribution in [0, 0.1) is 11.3 Å². The molecule has 0 aromatic heterocycles. The molecule has 2 atom stereocenters. The van der Waals surface area contributed by atoms with E-state index in [4.69, 9.17) is 5.26 Å². The highest BCUT2D eigenvalue weighted by Crippen LogP contribution is 2.43. The van der Waals surface area contributed by atoms with E-state index in [2.05, 4.69) is 16.0 Å². The number of benzene rings is 2. The summed E-state index contributed by atoms with van der Waals surface area (Å²) in [6.07, 6.45) is 0.415. The molecule has 2 aliphatic rings. The van der Waals surface area contributed by atoms with Gasteiger partial charge in [-0.2, -0.15) is 5.26 Å². The number of nitriles is 1. The molecule has 0 saturated carbocycles. The number of carbonyl (C=O) groups is 2. The Hall–Kier alpha value is -3.17. The highest BCUT2D eigenvalue weighted by Gasteiger charge is 2.52. The SMILES string of the molecule is N#Cc1ccc(NC(=O)C2CC3(CN2)C(=O)Nc2ccccc23)cc1. The number of hydrogen-bond acceptors (Lipinski definition) is 4. The molecule has 2 unspecified atom stereocenters. The van der Waals surface area contributed by atoms with Crippen LogP contribution in [0.2, 0.25) is 0 Å². The maximum absolute atomic E-state index is 12.6. The fourth-order valence-electron chi connectivity index (χ4n) is 3.58. The van der Waals surface area contributed by atoms with Crippen molar-refractivity contribution in [1.29, 1.82) is 5.26 Å². The smallest absolute Gasteiger partial charge is 0.241 e. The zero-order valence-electron chi connectivity index (χ0n) is 13.4. The lowest BCUT2D eigenvalue weighted by molar-refractivity contribution is -0.120. The lowest BCUT2D eigenvalue weighted by Gasteiger charge is -2.20. The van der Waals surface area contributed by atoms with Gasteiger partial charge in [-0.15, -0.1) is 0 Å².